The largest absolute Gasteiger partial charge is 0.129 e. The average Bonchev–Trinajstić information content (AvgIpc) is 2.93. The van der Waals surface area contributed by atoms with Crippen LogP contribution in [0.4, 0.5) is 0 Å². The molecule has 0 radical (unpaired) electrons. The van der Waals surface area contributed by atoms with E-state index in [-0.39, 0.29) is 0 Å². The van der Waals surface area contributed by atoms with Crippen molar-refractivity contribution in [2.45, 2.75) is 44.8 Å². The molecule has 1 aromatic carbocycles. The van der Waals surface area contributed by atoms with Gasteiger partial charge in [0.25, 0.3) is 0 Å². The summed E-state index contributed by atoms with van der Waals surface area (Å²) in [7, 11) is -1.30. The maximum Gasteiger partial charge on any atom is 0.129 e. The Labute approximate surface area is 114 Å². The van der Waals surface area contributed by atoms with E-state index in [1.54, 1.807) is 0 Å². The fraction of sp³-hybridized carbons (Fsp3) is 0.467. The summed E-state index contributed by atoms with van der Waals surface area (Å²) in [5.74, 6) is 3.42. The summed E-state index contributed by atoms with van der Waals surface area (Å²) >= 11 is 3.55. The summed E-state index contributed by atoms with van der Waals surface area (Å²) in [6.45, 7) is 9.21. The first-order chi connectivity index (χ1) is 7.80. The van der Waals surface area contributed by atoms with Crippen LogP contribution in [0.3, 0.4) is 0 Å². The van der Waals surface area contributed by atoms with Crippen LogP contribution in [-0.4, -0.2) is 8.07 Å². The van der Waals surface area contributed by atoms with Gasteiger partial charge in [0.05, 0.1) is 0 Å². The molecule has 2 heteroatoms. The SMILES string of the molecule is CC1(c2ccc(Br)cc2C#C[Si](C)(C)C)CC1. The number of rotatable bonds is 1. The molecule has 1 fully saturated rings. The van der Waals surface area contributed by atoms with Gasteiger partial charge in [-0.25, -0.2) is 0 Å². The first-order valence-electron chi connectivity index (χ1n) is 6.13. The van der Waals surface area contributed by atoms with E-state index >= 15 is 0 Å². The Morgan fingerprint density at radius 3 is 2.41 bits per heavy atom. The predicted molar refractivity (Wildman–Crippen MR) is 81.0 cm³/mol. The second-order valence-corrected chi connectivity index (χ2v) is 11.9. The van der Waals surface area contributed by atoms with E-state index in [2.05, 4.69) is 72.2 Å². The van der Waals surface area contributed by atoms with Crippen LogP contribution in [0.2, 0.25) is 19.6 Å². The highest BCUT2D eigenvalue weighted by molar-refractivity contribution is 9.10. The van der Waals surface area contributed by atoms with Crippen molar-refractivity contribution in [3.8, 4) is 11.5 Å². The van der Waals surface area contributed by atoms with Crippen molar-refractivity contribution in [3.05, 3.63) is 33.8 Å². The van der Waals surface area contributed by atoms with E-state index in [1.165, 1.54) is 24.0 Å². The van der Waals surface area contributed by atoms with Gasteiger partial charge in [0, 0.05) is 10.0 Å². The van der Waals surface area contributed by atoms with Crippen molar-refractivity contribution in [1.29, 1.82) is 0 Å². The third kappa shape index (κ3) is 3.24. The quantitative estimate of drug-likeness (QED) is 0.520. The maximum atomic E-state index is 3.55. The summed E-state index contributed by atoms with van der Waals surface area (Å²) in [6.07, 6.45) is 2.60. The molecule has 0 aliphatic heterocycles. The van der Waals surface area contributed by atoms with Crippen molar-refractivity contribution in [2.75, 3.05) is 0 Å². The van der Waals surface area contributed by atoms with E-state index in [4.69, 9.17) is 0 Å². The van der Waals surface area contributed by atoms with E-state index in [0.717, 1.165) is 4.47 Å². The summed E-state index contributed by atoms with van der Waals surface area (Å²) in [5.41, 5.74) is 6.53. The van der Waals surface area contributed by atoms with E-state index < -0.39 is 8.07 Å². The molecule has 90 valence electrons. The van der Waals surface area contributed by atoms with E-state index in [1.807, 2.05) is 0 Å². The molecule has 0 bridgehead atoms. The van der Waals surface area contributed by atoms with Crippen LogP contribution in [0.1, 0.15) is 30.9 Å². The monoisotopic (exact) mass is 306 g/mol. The molecule has 0 spiro atoms. The van der Waals surface area contributed by atoms with Gasteiger partial charge >= 0.3 is 0 Å². The molecular weight excluding hydrogens is 288 g/mol. The maximum absolute atomic E-state index is 3.55. The Morgan fingerprint density at radius 2 is 1.88 bits per heavy atom. The van der Waals surface area contributed by atoms with Crippen molar-refractivity contribution in [1.82, 2.24) is 0 Å². The van der Waals surface area contributed by atoms with Gasteiger partial charge in [-0.3, -0.25) is 0 Å². The van der Waals surface area contributed by atoms with E-state index in [9.17, 15) is 0 Å². The number of benzene rings is 1. The molecular formula is C15H19BrSi. The van der Waals surface area contributed by atoms with Crippen molar-refractivity contribution in [2.24, 2.45) is 0 Å². The number of hydrogen-bond donors (Lipinski definition) is 0. The summed E-state index contributed by atoms with van der Waals surface area (Å²) < 4.78 is 1.13. The predicted octanol–water partition coefficient (Wildman–Crippen LogP) is 4.73. The first kappa shape index (κ1) is 12.9. The van der Waals surface area contributed by atoms with Gasteiger partial charge < -0.3 is 0 Å². The zero-order chi connectivity index (χ0) is 12.7. The molecule has 0 N–H and O–H groups in total. The Hall–Kier alpha value is -0.523. The second-order valence-electron chi connectivity index (χ2n) is 6.25. The van der Waals surface area contributed by atoms with Gasteiger partial charge in [0.1, 0.15) is 8.07 Å². The lowest BCUT2D eigenvalue weighted by atomic mass is 9.93. The van der Waals surface area contributed by atoms with Crippen molar-refractivity contribution in [3.63, 3.8) is 0 Å². The zero-order valence-corrected chi connectivity index (χ0v) is 13.6. The Bertz CT molecular complexity index is 496. The molecule has 0 saturated heterocycles. The van der Waals surface area contributed by atoms with Gasteiger partial charge in [-0.05, 0) is 36.0 Å². The fourth-order valence-electron chi connectivity index (χ4n) is 1.86. The smallest absolute Gasteiger partial charge is 0.127 e. The van der Waals surface area contributed by atoms with Crippen LogP contribution in [-0.2, 0) is 5.41 Å². The minimum atomic E-state index is -1.30. The normalized spacial score (nSPS) is 17.2. The third-order valence-electron chi connectivity index (χ3n) is 3.20. The van der Waals surface area contributed by atoms with Crippen molar-refractivity contribution < 1.29 is 0 Å². The summed E-state index contributed by atoms with van der Waals surface area (Å²) in [6, 6.07) is 6.55. The van der Waals surface area contributed by atoms with Gasteiger partial charge in [-0.2, -0.15) is 0 Å². The molecule has 0 heterocycles. The lowest BCUT2D eigenvalue weighted by Gasteiger charge is -2.12. The standard InChI is InChI=1S/C15H19BrSi/c1-15(8-9-15)14-6-5-13(16)11-12(14)7-10-17(2,3)4/h5-6,11H,8-9H2,1-4H3. The van der Waals surface area contributed by atoms with E-state index in [0.29, 0.717) is 5.41 Å². The molecule has 1 aliphatic rings. The summed E-state index contributed by atoms with van der Waals surface area (Å²) in [4.78, 5) is 0. The lowest BCUT2D eigenvalue weighted by Crippen LogP contribution is -2.16. The third-order valence-corrected chi connectivity index (χ3v) is 4.57. The minimum Gasteiger partial charge on any atom is -0.127 e. The number of halogens is 1. The summed E-state index contributed by atoms with van der Waals surface area (Å²) in [5, 5.41) is 0. The second kappa shape index (κ2) is 4.30. The highest BCUT2D eigenvalue weighted by atomic mass is 79.9. The van der Waals surface area contributed by atoms with Gasteiger partial charge in [-0.15, -0.1) is 5.54 Å². The molecule has 0 unspecified atom stereocenters. The lowest BCUT2D eigenvalue weighted by molar-refractivity contribution is 0.785. The molecule has 1 saturated carbocycles. The zero-order valence-electron chi connectivity index (χ0n) is 11.0. The molecule has 1 aromatic rings. The molecule has 0 amide bonds. The molecule has 0 nitrogen and oxygen atoms in total. The topological polar surface area (TPSA) is 0 Å². The number of hydrogen-bond acceptors (Lipinski definition) is 0. The van der Waals surface area contributed by atoms with Gasteiger partial charge in [0.15, 0.2) is 0 Å². The molecule has 1 aliphatic carbocycles. The van der Waals surface area contributed by atoms with Crippen LogP contribution in [0.25, 0.3) is 0 Å². The molecule has 17 heavy (non-hydrogen) atoms. The van der Waals surface area contributed by atoms with Gasteiger partial charge in [-0.1, -0.05) is 54.5 Å². The van der Waals surface area contributed by atoms with Crippen LogP contribution in [0.5, 0.6) is 0 Å². The van der Waals surface area contributed by atoms with Gasteiger partial charge in [0.2, 0.25) is 0 Å². The highest BCUT2D eigenvalue weighted by Crippen LogP contribution is 2.48. The molecule has 2 rings (SSSR count). The highest BCUT2D eigenvalue weighted by Gasteiger charge is 2.40. The minimum absolute atomic E-state index is 0.393. The Balaban J connectivity index is 2.44. The van der Waals surface area contributed by atoms with Crippen LogP contribution >= 0.6 is 15.9 Å². The fourth-order valence-corrected chi connectivity index (χ4v) is 2.73. The average molecular weight is 307 g/mol. The Morgan fingerprint density at radius 1 is 1.24 bits per heavy atom. The Kier molecular flexibility index (Phi) is 3.27. The molecule has 0 aromatic heterocycles. The van der Waals surface area contributed by atoms with Crippen LogP contribution in [0, 0.1) is 11.5 Å². The first-order valence-corrected chi connectivity index (χ1v) is 10.4. The van der Waals surface area contributed by atoms with Crippen LogP contribution < -0.4 is 0 Å². The molecule has 0 atom stereocenters. The van der Waals surface area contributed by atoms with Crippen molar-refractivity contribution >= 4 is 24.0 Å². The van der Waals surface area contributed by atoms with Crippen LogP contribution in [0.15, 0.2) is 22.7 Å².